The number of likely N-dealkylation sites (tertiary alicyclic amines) is 1. The number of ether oxygens (including phenoxy) is 1. The van der Waals surface area contributed by atoms with E-state index in [1.54, 1.807) is 4.90 Å². The number of carbonyl (C=O) groups excluding carboxylic acids is 1. The van der Waals surface area contributed by atoms with Crippen molar-refractivity contribution in [3.63, 3.8) is 0 Å². The Morgan fingerprint density at radius 3 is 2.18 bits per heavy atom. The van der Waals surface area contributed by atoms with Crippen molar-refractivity contribution in [3.8, 4) is 11.6 Å². The van der Waals surface area contributed by atoms with Crippen LogP contribution in [-0.2, 0) is 9.59 Å². The number of hydrogen-bond donors (Lipinski definition) is 3. The maximum atomic E-state index is 14.3. The van der Waals surface area contributed by atoms with E-state index in [9.17, 15) is 23.9 Å². The van der Waals surface area contributed by atoms with Crippen molar-refractivity contribution >= 4 is 23.7 Å². The molecule has 2 aromatic rings. The van der Waals surface area contributed by atoms with Gasteiger partial charge in [0.2, 0.25) is 0 Å². The molecule has 2 aliphatic heterocycles. The van der Waals surface area contributed by atoms with Crippen LogP contribution in [0.2, 0.25) is 0 Å². The monoisotopic (exact) mass is 701 g/mol. The van der Waals surface area contributed by atoms with Crippen LogP contribution >= 0.6 is 0 Å². The number of carbonyl (C=O) groups is 3. The van der Waals surface area contributed by atoms with E-state index in [0.717, 1.165) is 39.0 Å². The highest BCUT2D eigenvalue weighted by atomic mass is 19.1. The average Bonchev–Trinajstić information content (AvgIpc) is 3.44. The van der Waals surface area contributed by atoms with Gasteiger partial charge in [0.1, 0.15) is 17.9 Å². The van der Waals surface area contributed by atoms with E-state index in [1.165, 1.54) is 24.5 Å². The number of carboxylic acid groups (broad SMARTS) is 2. The molecule has 3 N–H and O–H groups in total. The fourth-order valence-electron chi connectivity index (χ4n) is 6.79. The van der Waals surface area contributed by atoms with Gasteiger partial charge in [-0.2, -0.15) is 0 Å². The first-order chi connectivity index (χ1) is 23.4. The zero-order valence-electron chi connectivity index (χ0n) is 30.3. The highest BCUT2D eigenvalue weighted by molar-refractivity contribution is 5.97. The fraction of sp³-hybridized carbons (Fsp3) is 0.600. The maximum absolute atomic E-state index is 14.3. The van der Waals surface area contributed by atoms with Crippen LogP contribution in [0.1, 0.15) is 64.7 Å². The minimum atomic E-state index is -1.26. The van der Waals surface area contributed by atoms with E-state index in [0.29, 0.717) is 36.5 Å². The highest BCUT2D eigenvalue weighted by Gasteiger charge is 2.50. The average molecular weight is 702 g/mol. The summed E-state index contributed by atoms with van der Waals surface area (Å²) in [6, 6.07) is 4.14. The Kier molecular flexibility index (Phi) is 14.2. The third-order valence-corrected chi connectivity index (χ3v) is 8.81. The van der Waals surface area contributed by atoms with Crippen LogP contribution < -0.4 is 9.64 Å². The second kappa shape index (κ2) is 17.6. The molecule has 15 heteroatoms. The van der Waals surface area contributed by atoms with Crippen molar-refractivity contribution < 1.29 is 38.8 Å². The third-order valence-electron chi connectivity index (χ3n) is 8.81. The molecule has 50 heavy (non-hydrogen) atoms. The van der Waals surface area contributed by atoms with Gasteiger partial charge in [-0.25, -0.2) is 19.0 Å². The smallest absolute Gasteiger partial charge is 0.328 e. The lowest BCUT2D eigenvalue weighted by Gasteiger charge is -2.53. The van der Waals surface area contributed by atoms with E-state index in [1.807, 2.05) is 46.7 Å². The summed E-state index contributed by atoms with van der Waals surface area (Å²) in [5, 5.41) is 34.4. The number of carboxylic acids is 2. The molecule has 0 bridgehead atoms. The number of aromatic nitrogens is 3. The quantitative estimate of drug-likeness (QED) is 0.244. The van der Waals surface area contributed by atoms with E-state index in [2.05, 4.69) is 38.8 Å². The van der Waals surface area contributed by atoms with Gasteiger partial charge in [-0.15, -0.1) is 10.2 Å². The molecule has 14 nitrogen and oxygen atoms in total. The Morgan fingerprint density at radius 2 is 1.64 bits per heavy atom. The molecule has 2 saturated heterocycles. The molecule has 1 aromatic heterocycles. The third kappa shape index (κ3) is 10.9. The van der Waals surface area contributed by atoms with Gasteiger partial charge in [0.25, 0.3) is 11.8 Å². The van der Waals surface area contributed by atoms with E-state index < -0.39 is 17.8 Å². The summed E-state index contributed by atoms with van der Waals surface area (Å²) < 4.78 is 20.5. The van der Waals surface area contributed by atoms with Crippen molar-refractivity contribution in [2.75, 3.05) is 51.7 Å². The second-order valence-electron chi connectivity index (χ2n) is 14.3. The van der Waals surface area contributed by atoms with Crippen LogP contribution in [0.15, 0.2) is 36.7 Å². The Bertz CT molecular complexity index is 1470. The zero-order valence-corrected chi connectivity index (χ0v) is 30.3. The van der Waals surface area contributed by atoms with Gasteiger partial charge < -0.3 is 34.8 Å². The first-order valence-corrected chi connectivity index (χ1v) is 16.9. The number of nitrogens with zero attached hydrogens (tertiary/aromatic N) is 7. The van der Waals surface area contributed by atoms with Crippen molar-refractivity contribution in [3.05, 3.63) is 48.1 Å². The highest BCUT2D eigenvalue weighted by Crippen LogP contribution is 2.44. The lowest BCUT2D eigenvalue weighted by Crippen LogP contribution is -2.62. The molecule has 2 unspecified atom stereocenters. The first-order valence-electron chi connectivity index (χ1n) is 16.9. The number of benzene rings is 1. The molecule has 276 valence electrons. The summed E-state index contributed by atoms with van der Waals surface area (Å²) in [5.41, 5.74) is 0.270. The largest absolute Gasteiger partial charge is 0.478 e. The van der Waals surface area contributed by atoms with Crippen LogP contribution in [-0.4, -0.2) is 134 Å². The van der Waals surface area contributed by atoms with Crippen molar-refractivity contribution in [1.29, 1.82) is 0 Å². The van der Waals surface area contributed by atoms with Crippen molar-refractivity contribution in [2.45, 2.75) is 78.6 Å². The Balaban J connectivity index is 0.000000753. The molecule has 4 rings (SSSR count). The lowest BCUT2D eigenvalue weighted by atomic mass is 9.76. The summed E-state index contributed by atoms with van der Waals surface area (Å²) in [7, 11) is 3.97. The van der Waals surface area contributed by atoms with Crippen LogP contribution in [0.3, 0.4) is 0 Å². The number of rotatable bonds is 14. The molecule has 2 aliphatic rings. The molecule has 1 amide bonds. The maximum Gasteiger partial charge on any atom is 0.328 e. The van der Waals surface area contributed by atoms with Gasteiger partial charge in [0.15, 0.2) is 5.82 Å². The lowest BCUT2D eigenvalue weighted by molar-refractivity contribution is -0.134. The van der Waals surface area contributed by atoms with Crippen LogP contribution in [0, 0.1) is 17.2 Å². The topological polar surface area (TPSA) is 173 Å². The molecule has 3 heterocycles. The number of likely N-dealkylation sites (N-methyl/N-ethyl adjacent to an activating group) is 1. The summed E-state index contributed by atoms with van der Waals surface area (Å²) in [5.74, 6) is -1.92. The van der Waals surface area contributed by atoms with Gasteiger partial charge >= 0.3 is 11.9 Å². The molecule has 0 saturated carbocycles. The number of halogens is 1. The number of amides is 1. The van der Waals surface area contributed by atoms with Crippen LogP contribution in [0.5, 0.6) is 11.6 Å². The number of hydrogen-bond acceptors (Lipinski definition) is 11. The molecule has 2 fully saturated rings. The number of aliphatic carboxylic acids is 2. The van der Waals surface area contributed by atoms with E-state index in [4.69, 9.17) is 14.9 Å². The van der Waals surface area contributed by atoms with Gasteiger partial charge in [-0.05, 0) is 78.7 Å². The SMILES string of the molecule is CC(C)C(CC(O)CN(C)C)N1CC2(CCN(c3ncnnc3Oc3ccc(F)cc3C(=O)N(C(C)C)C(C)C)C2)C1.O=C(O)/C=C/C(=O)O. The molecule has 2 atom stereocenters. The molecular formula is C35H52FN7O7. The standard InChI is InChI=1S/C31H48FN7O3.C4H4O4/c1-20(2)26(14-24(40)15-36(7)8)38-17-31(18-38)11-12-37(16-31)28-29(35-34-19-33-28)42-27-10-9-23(32)13-25(27)30(41)39(21(3)4)22(5)6;5-3(6)1-2-4(7)8/h9-10,13,19-22,24,26,40H,11-12,14-18H2,1-8H3;1-2H,(H,5,6)(H,7,8)/b;2-1+. The van der Waals surface area contributed by atoms with Crippen molar-refractivity contribution in [2.24, 2.45) is 11.3 Å². The second-order valence-corrected chi connectivity index (χ2v) is 14.3. The van der Waals surface area contributed by atoms with E-state index >= 15 is 0 Å². The Morgan fingerprint density at radius 1 is 1.02 bits per heavy atom. The number of aliphatic hydroxyl groups is 1. The molecule has 1 spiro atoms. The van der Waals surface area contributed by atoms with Crippen LogP contribution in [0.25, 0.3) is 0 Å². The Hall–Kier alpha value is -4.21. The van der Waals surface area contributed by atoms with Gasteiger partial charge in [0, 0.05) is 68.4 Å². The summed E-state index contributed by atoms with van der Waals surface area (Å²) in [6.07, 6.45) is 3.93. The molecule has 0 radical (unpaired) electrons. The zero-order chi connectivity index (χ0) is 37.3. The van der Waals surface area contributed by atoms with Crippen LogP contribution in [0.4, 0.5) is 10.2 Å². The minimum Gasteiger partial charge on any atom is -0.478 e. The van der Waals surface area contributed by atoms with E-state index in [-0.39, 0.29) is 46.7 Å². The molecular weight excluding hydrogens is 649 g/mol. The normalized spacial score (nSPS) is 16.9. The minimum absolute atomic E-state index is 0.0725. The summed E-state index contributed by atoms with van der Waals surface area (Å²) in [6.45, 7) is 16.4. The predicted octanol–water partition coefficient (Wildman–Crippen LogP) is 3.62. The van der Waals surface area contributed by atoms with Crippen molar-refractivity contribution in [1.82, 2.24) is 29.9 Å². The Labute approximate surface area is 293 Å². The van der Waals surface area contributed by atoms with Gasteiger partial charge in [-0.3, -0.25) is 9.69 Å². The van der Waals surface area contributed by atoms with Gasteiger partial charge in [-0.1, -0.05) is 13.8 Å². The predicted molar refractivity (Wildman–Crippen MR) is 186 cm³/mol. The summed E-state index contributed by atoms with van der Waals surface area (Å²) >= 11 is 0. The first kappa shape index (κ1) is 40.2. The molecule has 1 aromatic carbocycles. The fourth-order valence-corrected chi connectivity index (χ4v) is 6.79. The van der Waals surface area contributed by atoms with Gasteiger partial charge in [0.05, 0.1) is 11.7 Å². The number of anilines is 1. The molecule has 0 aliphatic carbocycles. The summed E-state index contributed by atoms with van der Waals surface area (Å²) in [4.78, 5) is 45.5. The number of aliphatic hydroxyl groups excluding tert-OH is 1.